The standard InChI is InChI=1S/C12H17ClN2O2S.ClH/c13-9-2-1-3-12(8-9)18(16,17)15-11-6-4-10(14)5-7-11;/h1-3,8,10-11,15H,4-7,14H2;1H. The molecular formula is C12H18Cl2N2O2S. The largest absolute Gasteiger partial charge is 0.328 e. The summed E-state index contributed by atoms with van der Waals surface area (Å²) in [6.07, 6.45) is 3.31. The van der Waals surface area contributed by atoms with Gasteiger partial charge in [0.25, 0.3) is 0 Å². The van der Waals surface area contributed by atoms with Gasteiger partial charge in [-0.05, 0) is 43.9 Å². The average molecular weight is 325 g/mol. The SMILES string of the molecule is Cl.NC1CCC(NS(=O)(=O)c2cccc(Cl)c2)CC1. The van der Waals surface area contributed by atoms with Gasteiger partial charge in [-0.25, -0.2) is 13.1 Å². The van der Waals surface area contributed by atoms with Gasteiger partial charge in [-0.15, -0.1) is 12.4 Å². The maximum atomic E-state index is 12.1. The fraction of sp³-hybridized carbons (Fsp3) is 0.500. The smallest absolute Gasteiger partial charge is 0.240 e. The van der Waals surface area contributed by atoms with Crippen LogP contribution in [0.1, 0.15) is 25.7 Å². The molecule has 108 valence electrons. The second kappa shape index (κ2) is 6.90. The monoisotopic (exact) mass is 324 g/mol. The summed E-state index contributed by atoms with van der Waals surface area (Å²) < 4.78 is 27.0. The molecule has 0 heterocycles. The number of nitrogens with two attached hydrogens (primary N) is 1. The third kappa shape index (κ3) is 4.61. The molecule has 19 heavy (non-hydrogen) atoms. The first kappa shape index (κ1) is 16.7. The van der Waals surface area contributed by atoms with Crippen molar-refractivity contribution in [1.29, 1.82) is 0 Å². The zero-order chi connectivity index (χ0) is 13.2. The highest BCUT2D eigenvalue weighted by atomic mass is 35.5. The molecule has 1 saturated carbocycles. The van der Waals surface area contributed by atoms with E-state index in [1.165, 1.54) is 6.07 Å². The first-order chi connectivity index (χ1) is 8.47. The number of benzene rings is 1. The Morgan fingerprint density at radius 2 is 1.84 bits per heavy atom. The molecule has 0 bridgehead atoms. The zero-order valence-corrected chi connectivity index (χ0v) is 12.8. The van der Waals surface area contributed by atoms with Gasteiger partial charge in [0.15, 0.2) is 0 Å². The van der Waals surface area contributed by atoms with E-state index in [1.807, 2.05) is 0 Å². The average Bonchev–Trinajstić information content (AvgIpc) is 2.32. The van der Waals surface area contributed by atoms with E-state index in [2.05, 4.69) is 4.72 Å². The van der Waals surface area contributed by atoms with Crippen molar-refractivity contribution in [3.8, 4) is 0 Å². The summed E-state index contributed by atoms with van der Waals surface area (Å²) in [5.74, 6) is 0. The number of hydrogen-bond acceptors (Lipinski definition) is 3. The van der Waals surface area contributed by atoms with Crippen LogP contribution in [0, 0.1) is 0 Å². The molecule has 0 radical (unpaired) electrons. The first-order valence-corrected chi connectivity index (χ1v) is 7.87. The summed E-state index contributed by atoms with van der Waals surface area (Å²) in [5.41, 5.74) is 5.80. The second-order valence-corrected chi connectivity index (χ2v) is 6.84. The van der Waals surface area contributed by atoms with Gasteiger partial charge in [0.05, 0.1) is 4.90 Å². The summed E-state index contributed by atoms with van der Waals surface area (Å²) in [6.45, 7) is 0. The van der Waals surface area contributed by atoms with Gasteiger partial charge in [-0.3, -0.25) is 0 Å². The van der Waals surface area contributed by atoms with Crippen molar-refractivity contribution < 1.29 is 8.42 Å². The Morgan fingerprint density at radius 1 is 1.21 bits per heavy atom. The Morgan fingerprint density at radius 3 is 2.42 bits per heavy atom. The van der Waals surface area contributed by atoms with Crippen LogP contribution in [0.2, 0.25) is 5.02 Å². The minimum absolute atomic E-state index is 0. The number of halogens is 2. The van der Waals surface area contributed by atoms with E-state index >= 15 is 0 Å². The molecule has 1 aromatic carbocycles. The number of hydrogen-bond donors (Lipinski definition) is 2. The number of sulfonamides is 1. The molecule has 0 aromatic heterocycles. The van der Waals surface area contributed by atoms with Gasteiger partial charge in [-0.1, -0.05) is 17.7 Å². The van der Waals surface area contributed by atoms with Crippen LogP contribution in [0.25, 0.3) is 0 Å². The number of nitrogens with one attached hydrogen (secondary N) is 1. The highest BCUT2D eigenvalue weighted by molar-refractivity contribution is 7.89. The Balaban J connectivity index is 0.00000180. The van der Waals surface area contributed by atoms with Gasteiger partial charge in [0, 0.05) is 17.1 Å². The molecule has 1 aliphatic carbocycles. The van der Waals surface area contributed by atoms with Crippen molar-refractivity contribution >= 4 is 34.0 Å². The van der Waals surface area contributed by atoms with E-state index < -0.39 is 10.0 Å². The van der Waals surface area contributed by atoms with Crippen LogP contribution in [0.3, 0.4) is 0 Å². The summed E-state index contributed by atoms with van der Waals surface area (Å²) in [4.78, 5) is 0.213. The molecule has 1 fully saturated rings. The molecule has 0 amide bonds. The first-order valence-electron chi connectivity index (χ1n) is 6.01. The van der Waals surface area contributed by atoms with Gasteiger partial charge in [-0.2, -0.15) is 0 Å². The topological polar surface area (TPSA) is 72.2 Å². The van der Waals surface area contributed by atoms with Crippen molar-refractivity contribution in [2.45, 2.75) is 42.7 Å². The molecule has 0 saturated heterocycles. The quantitative estimate of drug-likeness (QED) is 0.896. The van der Waals surface area contributed by atoms with Gasteiger partial charge in [0.1, 0.15) is 0 Å². The molecule has 4 nitrogen and oxygen atoms in total. The summed E-state index contributed by atoms with van der Waals surface area (Å²) >= 11 is 5.80. The van der Waals surface area contributed by atoms with Crippen LogP contribution < -0.4 is 10.5 Å². The molecule has 7 heteroatoms. The van der Waals surface area contributed by atoms with Gasteiger partial charge >= 0.3 is 0 Å². The normalized spacial score (nSPS) is 23.7. The van der Waals surface area contributed by atoms with E-state index in [0.29, 0.717) is 5.02 Å². The third-order valence-corrected chi connectivity index (χ3v) is 4.95. The van der Waals surface area contributed by atoms with Gasteiger partial charge in [0.2, 0.25) is 10.0 Å². The van der Waals surface area contributed by atoms with Crippen molar-refractivity contribution in [3.63, 3.8) is 0 Å². The summed E-state index contributed by atoms with van der Waals surface area (Å²) in [6, 6.07) is 6.47. The minimum Gasteiger partial charge on any atom is -0.328 e. The van der Waals surface area contributed by atoms with E-state index in [-0.39, 0.29) is 29.4 Å². The van der Waals surface area contributed by atoms with Crippen LogP contribution in [0.15, 0.2) is 29.2 Å². The Hall–Kier alpha value is -0.330. The maximum Gasteiger partial charge on any atom is 0.240 e. The highest BCUT2D eigenvalue weighted by Crippen LogP contribution is 2.20. The minimum atomic E-state index is -3.48. The molecule has 1 aliphatic rings. The molecule has 3 N–H and O–H groups in total. The lowest BCUT2D eigenvalue weighted by atomic mass is 9.93. The molecule has 0 aliphatic heterocycles. The second-order valence-electron chi connectivity index (χ2n) is 4.69. The van der Waals surface area contributed by atoms with E-state index in [4.69, 9.17) is 17.3 Å². The zero-order valence-electron chi connectivity index (χ0n) is 10.4. The summed E-state index contributed by atoms with van der Waals surface area (Å²) in [5, 5.41) is 0.420. The van der Waals surface area contributed by atoms with Crippen molar-refractivity contribution in [2.24, 2.45) is 5.73 Å². The van der Waals surface area contributed by atoms with Crippen LogP contribution >= 0.6 is 24.0 Å². The Kier molecular flexibility index (Phi) is 6.08. The number of rotatable bonds is 3. The van der Waals surface area contributed by atoms with Crippen molar-refractivity contribution in [3.05, 3.63) is 29.3 Å². The van der Waals surface area contributed by atoms with E-state index in [0.717, 1.165) is 25.7 Å². The van der Waals surface area contributed by atoms with Crippen LogP contribution in [-0.4, -0.2) is 20.5 Å². The fourth-order valence-electron chi connectivity index (χ4n) is 2.16. The highest BCUT2D eigenvalue weighted by Gasteiger charge is 2.24. The molecule has 1 aromatic rings. The fourth-order valence-corrected chi connectivity index (χ4v) is 3.76. The van der Waals surface area contributed by atoms with Crippen molar-refractivity contribution in [1.82, 2.24) is 4.72 Å². The molecule has 2 rings (SSSR count). The third-order valence-electron chi connectivity index (χ3n) is 3.20. The summed E-state index contributed by atoms with van der Waals surface area (Å²) in [7, 11) is -3.48. The molecule has 0 atom stereocenters. The lowest BCUT2D eigenvalue weighted by molar-refractivity contribution is 0.373. The molecule has 0 unspecified atom stereocenters. The van der Waals surface area contributed by atoms with Crippen LogP contribution in [0.5, 0.6) is 0 Å². The predicted octanol–water partition coefficient (Wildman–Crippen LogP) is 2.31. The Bertz CT molecular complexity index is 514. The molecule has 0 spiro atoms. The lowest BCUT2D eigenvalue weighted by Crippen LogP contribution is -2.40. The lowest BCUT2D eigenvalue weighted by Gasteiger charge is -2.26. The van der Waals surface area contributed by atoms with E-state index in [1.54, 1.807) is 18.2 Å². The van der Waals surface area contributed by atoms with Crippen LogP contribution in [-0.2, 0) is 10.0 Å². The van der Waals surface area contributed by atoms with Gasteiger partial charge < -0.3 is 5.73 Å². The maximum absolute atomic E-state index is 12.1. The van der Waals surface area contributed by atoms with E-state index in [9.17, 15) is 8.42 Å². The predicted molar refractivity (Wildman–Crippen MR) is 79.3 cm³/mol. The Labute approximate surface area is 125 Å². The van der Waals surface area contributed by atoms with Crippen LogP contribution in [0.4, 0.5) is 0 Å². The molecular weight excluding hydrogens is 307 g/mol. The van der Waals surface area contributed by atoms with Crippen molar-refractivity contribution in [2.75, 3.05) is 0 Å².